The number of anilines is 3. The first-order valence-electron chi connectivity index (χ1n) is 11.6. The van der Waals surface area contributed by atoms with E-state index in [1.807, 2.05) is 20.8 Å². The maximum Gasteiger partial charge on any atom is 0.256 e. The molecule has 32 heavy (non-hydrogen) atoms. The smallest absolute Gasteiger partial charge is 0.256 e. The van der Waals surface area contributed by atoms with Gasteiger partial charge in [0.2, 0.25) is 0 Å². The van der Waals surface area contributed by atoms with E-state index in [-0.39, 0.29) is 11.9 Å². The van der Waals surface area contributed by atoms with E-state index < -0.39 is 5.82 Å². The van der Waals surface area contributed by atoms with E-state index in [1.54, 1.807) is 23.5 Å². The Morgan fingerprint density at radius 2 is 2.03 bits per heavy atom. The lowest BCUT2D eigenvalue weighted by atomic mass is 9.97. The van der Waals surface area contributed by atoms with E-state index in [4.69, 9.17) is 0 Å². The van der Waals surface area contributed by atoms with Crippen LogP contribution >= 0.6 is 0 Å². The molecule has 1 amide bonds. The summed E-state index contributed by atoms with van der Waals surface area (Å²) in [4.78, 5) is 28.4. The van der Waals surface area contributed by atoms with Gasteiger partial charge in [-0.15, -0.1) is 0 Å². The number of aromatic nitrogens is 2. The van der Waals surface area contributed by atoms with Crippen LogP contribution in [0.15, 0.2) is 30.7 Å². The summed E-state index contributed by atoms with van der Waals surface area (Å²) in [6.45, 7) is 11.0. The molecular weight excluding hydrogens is 407 g/mol. The minimum atomic E-state index is -0.411. The number of hydrogen-bond acceptors (Lipinski definition) is 6. The Morgan fingerprint density at radius 3 is 2.75 bits per heavy atom. The topological polar surface area (TPSA) is 64.6 Å². The number of carbonyl (C=O) groups excluding carboxylic acids is 1. The normalized spacial score (nSPS) is 16.9. The maximum atomic E-state index is 14.2. The van der Waals surface area contributed by atoms with E-state index in [0.717, 1.165) is 37.7 Å². The number of halogens is 1. The number of rotatable bonds is 6. The van der Waals surface area contributed by atoms with Crippen LogP contribution in [0, 0.1) is 11.7 Å². The molecule has 3 heterocycles. The van der Waals surface area contributed by atoms with E-state index in [0.29, 0.717) is 30.3 Å². The SMILES string of the molecule is CCN(C(=O)c1cc(F)ccc1N1CCN(CC2CCNCC2)c2ncncc21)C(C)C. The number of nitrogens with one attached hydrogen (secondary N) is 1. The van der Waals surface area contributed by atoms with Gasteiger partial charge in [0.15, 0.2) is 5.82 Å². The van der Waals surface area contributed by atoms with Crippen molar-refractivity contribution in [2.24, 2.45) is 5.92 Å². The first-order valence-corrected chi connectivity index (χ1v) is 11.6. The fourth-order valence-electron chi connectivity index (χ4n) is 4.81. The average molecular weight is 441 g/mol. The average Bonchev–Trinajstić information content (AvgIpc) is 2.80. The Bertz CT molecular complexity index is 946. The largest absolute Gasteiger partial charge is 0.353 e. The molecule has 1 N–H and O–H groups in total. The molecule has 0 atom stereocenters. The van der Waals surface area contributed by atoms with Gasteiger partial charge in [0, 0.05) is 32.2 Å². The van der Waals surface area contributed by atoms with Crippen molar-refractivity contribution >= 4 is 23.1 Å². The van der Waals surface area contributed by atoms with Crippen LogP contribution in [0.2, 0.25) is 0 Å². The van der Waals surface area contributed by atoms with Crippen molar-refractivity contribution < 1.29 is 9.18 Å². The maximum absolute atomic E-state index is 14.2. The van der Waals surface area contributed by atoms with Crippen molar-refractivity contribution in [3.63, 3.8) is 0 Å². The zero-order valence-electron chi connectivity index (χ0n) is 19.2. The zero-order valence-corrected chi connectivity index (χ0v) is 19.2. The molecule has 0 unspecified atom stereocenters. The van der Waals surface area contributed by atoms with E-state index in [9.17, 15) is 9.18 Å². The number of benzene rings is 1. The summed E-state index contributed by atoms with van der Waals surface area (Å²) in [5.74, 6) is 0.944. The molecule has 172 valence electrons. The van der Waals surface area contributed by atoms with Crippen molar-refractivity contribution in [2.75, 3.05) is 49.1 Å². The van der Waals surface area contributed by atoms with Gasteiger partial charge in [0.25, 0.3) is 5.91 Å². The lowest BCUT2D eigenvalue weighted by Gasteiger charge is -2.40. The summed E-state index contributed by atoms with van der Waals surface area (Å²) in [5, 5.41) is 3.42. The molecule has 7 nitrogen and oxygen atoms in total. The van der Waals surface area contributed by atoms with Gasteiger partial charge in [0.1, 0.15) is 17.8 Å². The lowest BCUT2D eigenvalue weighted by molar-refractivity contribution is 0.0717. The molecular formula is C24H33FN6O. The van der Waals surface area contributed by atoms with Crippen molar-refractivity contribution in [1.29, 1.82) is 0 Å². The van der Waals surface area contributed by atoms with Gasteiger partial charge in [0.05, 0.1) is 17.4 Å². The molecule has 8 heteroatoms. The van der Waals surface area contributed by atoms with Crippen molar-refractivity contribution in [1.82, 2.24) is 20.2 Å². The Kier molecular flexibility index (Phi) is 6.89. The predicted octanol–water partition coefficient (Wildman–Crippen LogP) is 3.44. The number of amides is 1. The molecule has 1 aromatic heterocycles. The molecule has 0 saturated carbocycles. The van der Waals surface area contributed by atoms with Crippen LogP contribution in [0.3, 0.4) is 0 Å². The first kappa shape index (κ1) is 22.5. The second-order valence-corrected chi connectivity index (χ2v) is 8.87. The summed E-state index contributed by atoms with van der Waals surface area (Å²) < 4.78 is 14.2. The molecule has 2 aliphatic rings. The molecule has 2 aromatic rings. The zero-order chi connectivity index (χ0) is 22.7. The molecule has 0 bridgehead atoms. The van der Waals surface area contributed by atoms with E-state index in [1.165, 1.54) is 25.0 Å². The van der Waals surface area contributed by atoms with Crippen LogP contribution < -0.4 is 15.1 Å². The van der Waals surface area contributed by atoms with Gasteiger partial charge in [-0.3, -0.25) is 4.79 Å². The first-order chi connectivity index (χ1) is 15.5. The van der Waals surface area contributed by atoms with E-state index in [2.05, 4.69) is 25.1 Å². The second-order valence-electron chi connectivity index (χ2n) is 8.87. The summed E-state index contributed by atoms with van der Waals surface area (Å²) in [7, 11) is 0. The highest BCUT2D eigenvalue weighted by atomic mass is 19.1. The third-order valence-corrected chi connectivity index (χ3v) is 6.50. The molecule has 0 aliphatic carbocycles. The van der Waals surface area contributed by atoms with Gasteiger partial charge in [-0.1, -0.05) is 0 Å². The number of nitrogens with zero attached hydrogens (tertiary/aromatic N) is 5. The van der Waals surface area contributed by atoms with Crippen LogP contribution in [-0.4, -0.2) is 66.1 Å². The Hall–Kier alpha value is -2.74. The molecule has 4 rings (SSSR count). The van der Waals surface area contributed by atoms with Crippen LogP contribution in [0.25, 0.3) is 0 Å². The molecule has 2 aliphatic heterocycles. The van der Waals surface area contributed by atoms with E-state index >= 15 is 0 Å². The minimum Gasteiger partial charge on any atom is -0.353 e. The highest BCUT2D eigenvalue weighted by Crippen LogP contribution is 2.38. The highest BCUT2D eigenvalue weighted by Gasteiger charge is 2.30. The summed E-state index contributed by atoms with van der Waals surface area (Å²) in [6.07, 6.45) is 5.71. The van der Waals surface area contributed by atoms with Gasteiger partial charge >= 0.3 is 0 Å². The third-order valence-electron chi connectivity index (χ3n) is 6.50. The Labute approximate surface area is 189 Å². The summed E-state index contributed by atoms with van der Waals surface area (Å²) in [6, 6.07) is 4.51. The summed E-state index contributed by atoms with van der Waals surface area (Å²) in [5.41, 5.74) is 1.94. The lowest BCUT2D eigenvalue weighted by Crippen LogP contribution is -2.44. The fourth-order valence-corrected chi connectivity index (χ4v) is 4.81. The van der Waals surface area contributed by atoms with Crippen molar-refractivity contribution in [3.8, 4) is 0 Å². The highest BCUT2D eigenvalue weighted by molar-refractivity contribution is 6.01. The minimum absolute atomic E-state index is 0.0288. The Balaban J connectivity index is 1.68. The number of carbonyl (C=O) groups is 1. The van der Waals surface area contributed by atoms with Crippen LogP contribution in [0.1, 0.15) is 44.0 Å². The molecule has 1 saturated heterocycles. The molecule has 0 spiro atoms. The van der Waals surface area contributed by atoms with Gasteiger partial charge in [-0.2, -0.15) is 0 Å². The monoisotopic (exact) mass is 440 g/mol. The van der Waals surface area contributed by atoms with Crippen LogP contribution in [0.5, 0.6) is 0 Å². The van der Waals surface area contributed by atoms with Gasteiger partial charge in [-0.05, 0) is 70.8 Å². The summed E-state index contributed by atoms with van der Waals surface area (Å²) >= 11 is 0. The van der Waals surface area contributed by atoms with Gasteiger partial charge in [-0.25, -0.2) is 14.4 Å². The molecule has 0 radical (unpaired) electrons. The van der Waals surface area contributed by atoms with Crippen LogP contribution in [0.4, 0.5) is 21.6 Å². The number of fused-ring (bicyclic) bond motifs is 1. The van der Waals surface area contributed by atoms with Gasteiger partial charge < -0.3 is 20.0 Å². The molecule has 1 aromatic carbocycles. The third kappa shape index (κ3) is 4.55. The van der Waals surface area contributed by atoms with Crippen molar-refractivity contribution in [2.45, 2.75) is 39.7 Å². The number of hydrogen-bond donors (Lipinski definition) is 1. The predicted molar refractivity (Wildman–Crippen MR) is 125 cm³/mol. The Morgan fingerprint density at radius 1 is 1.25 bits per heavy atom. The quantitative estimate of drug-likeness (QED) is 0.742. The molecule has 1 fully saturated rings. The fraction of sp³-hybridized carbons (Fsp3) is 0.542. The van der Waals surface area contributed by atoms with Crippen LogP contribution in [-0.2, 0) is 0 Å². The van der Waals surface area contributed by atoms with Crippen molar-refractivity contribution in [3.05, 3.63) is 42.1 Å². The standard InChI is InChI=1S/C24H33FN6O/c1-4-30(17(2)3)24(32)20-13-19(25)5-6-21(20)31-12-11-29(15-18-7-9-26-10-8-18)23-22(31)14-27-16-28-23/h5-6,13-14,16-18,26H,4,7-12,15H2,1-3H3. The second kappa shape index (κ2) is 9.81. The number of piperidine rings is 1.